The van der Waals surface area contributed by atoms with Crippen LogP contribution >= 0.6 is 11.6 Å². The SMILES string of the molecule is CCOC(=O)N(CCN)C(=O)Nc1cc(Cl)ccc1OC. The van der Waals surface area contributed by atoms with Crippen LogP contribution < -0.4 is 15.8 Å². The highest BCUT2D eigenvalue weighted by molar-refractivity contribution is 6.31. The number of nitrogens with two attached hydrogens (primary N) is 1. The van der Waals surface area contributed by atoms with Crippen molar-refractivity contribution in [1.29, 1.82) is 0 Å². The molecule has 0 atom stereocenters. The Bertz CT molecular complexity index is 510. The van der Waals surface area contributed by atoms with Crippen LogP contribution in [-0.2, 0) is 4.74 Å². The number of methoxy groups -OCH3 is 1. The van der Waals surface area contributed by atoms with Crippen molar-refractivity contribution in [3.8, 4) is 5.75 Å². The second-order valence-corrected chi connectivity index (χ2v) is 4.35. The van der Waals surface area contributed by atoms with Crippen LogP contribution in [0.3, 0.4) is 0 Å². The fraction of sp³-hybridized carbons (Fsp3) is 0.385. The smallest absolute Gasteiger partial charge is 0.418 e. The molecule has 3 amide bonds. The molecule has 0 saturated heterocycles. The summed E-state index contributed by atoms with van der Waals surface area (Å²) in [5, 5.41) is 2.97. The lowest BCUT2D eigenvalue weighted by molar-refractivity contribution is 0.118. The van der Waals surface area contributed by atoms with Crippen molar-refractivity contribution in [1.82, 2.24) is 4.90 Å². The molecule has 1 rings (SSSR count). The van der Waals surface area contributed by atoms with Crippen molar-refractivity contribution < 1.29 is 19.1 Å². The molecule has 0 aliphatic rings. The van der Waals surface area contributed by atoms with Gasteiger partial charge in [0.25, 0.3) is 0 Å². The molecule has 0 bridgehead atoms. The minimum atomic E-state index is -0.763. The highest BCUT2D eigenvalue weighted by Crippen LogP contribution is 2.27. The van der Waals surface area contributed by atoms with Gasteiger partial charge in [-0.05, 0) is 25.1 Å². The fourth-order valence-electron chi connectivity index (χ4n) is 1.57. The normalized spacial score (nSPS) is 9.90. The average molecular weight is 316 g/mol. The van der Waals surface area contributed by atoms with Crippen molar-refractivity contribution in [3.63, 3.8) is 0 Å². The van der Waals surface area contributed by atoms with E-state index in [1.54, 1.807) is 19.1 Å². The predicted molar refractivity (Wildman–Crippen MR) is 79.8 cm³/mol. The molecule has 7 nitrogen and oxygen atoms in total. The van der Waals surface area contributed by atoms with Crippen LogP contribution in [0, 0.1) is 0 Å². The number of halogens is 1. The Morgan fingerprint density at radius 3 is 2.71 bits per heavy atom. The Balaban J connectivity index is 2.91. The van der Waals surface area contributed by atoms with E-state index in [1.165, 1.54) is 13.2 Å². The van der Waals surface area contributed by atoms with Gasteiger partial charge in [0.1, 0.15) is 5.75 Å². The van der Waals surface area contributed by atoms with Crippen LogP contribution in [0.5, 0.6) is 5.75 Å². The first kappa shape index (κ1) is 17.1. The lowest BCUT2D eigenvalue weighted by Gasteiger charge is -2.20. The number of carbonyl (C=O) groups excluding carboxylic acids is 2. The number of rotatable bonds is 5. The number of benzene rings is 1. The molecule has 0 fully saturated rings. The van der Waals surface area contributed by atoms with Gasteiger partial charge in [-0.25, -0.2) is 14.5 Å². The average Bonchev–Trinajstić information content (AvgIpc) is 2.45. The number of anilines is 1. The van der Waals surface area contributed by atoms with Crippen molar-refractivity contribution in [2.75, 3.05) is 32.1 Å². The fourth-order valence-corrected chi connectivity index (χ4v) is 1.74. The van der Waals surface area contributed by atoms with Crippen LogP contribution in [0.2, 0.25) is 5.02 Å². The standard InChI is InChI=1S/C13H18ClN3O4/c1-3-21-13(19)17(7-6-15)12(18)16-10-8-9(14)4-5-11(10)20-2/h4-5,8H,3,6-7,15H2,1-2H3,(H,16,18). The topological polar surface area (TPSA) is 93.9 Å². The quantitative estimate of drug-likeness (QED) is 0.869. The Labute approximate surface area is 127 Å². The third kappa shape index (κ3) is 4.80. The zero-order valence-corrected chi connectivity index (χ0v) is 12.6. The molecule has 0 aliphatic heterocycles. The van der Waals surface area contributed by atoms with Crippen LogP contribution in [0.4, 0.5) is 15.3 Å². The highest BCUT2D eigenvalue weighted by Gasteiger charge is 2.23. The number of nitrogens with one attached hydrogen (secondary N) is 1. The number of amides is 3. The molecule has 21 heavy (non-hydrogen) atoms. The van der Waals surface area contributed by atoms with Gasteiger partial charge in [0.15, 0.2) is 0 Å². The van der Waals surface area contributed by atoms with Gasteiger partial charge in [0.05, 0.1) is 19.4 Å². The van der Waals surface area contributed by atoms with E-state index in [-0.39, 0.29) is 19.7 Å². The third-order valence-corrected chi connectivity index (χ3v) is 2.72. The van der Waals surface area contributed by atoms with Gasteiger partial charge in [-0.15, -0.1) is 0 Å². The molecule has 1 aromatic rings. The maximum atomic E-state index is 12.2. The van der Waals surface area contributed by atoms with Gasteiger partial charge in [-0.2, -0.15) is 0 Å². The van der Waals surface area contributed by atoms with Crippen molar-refractivity contribution >= 4 is 29.4 Å². The second-order valence-electron chi connectivity index (χ2n) is 3.91. The highest BCUT2D eigenvalue weighted by atomic mass is 35.5. The molecular weight excluding hydrogens is 298 g/mol. The van der Waals surface area contributed by atoms with Gasteiger partial charge in [-0.3, -0.25) is 0 Å². The first-order chi connectivity index (χ1) is 10.0. The van der Waals surface area contributed by atoms with Gasteiger partial charge >= 0.3 is 12.1 Å². The van der Waals surface area contributed by atoms with Crippen LogP contribution in [0.25, 0.3) is 0 Å². The van der Waals surface area contributed by atoms with E-state index in [1.807, 2.05) is 0 Å². The van der Waals surface area contributed by atoms with Crippen LogP contribution in [-0.4, -0.2) is 43.8 Å². The van der Waals surface area contributed by atoms with E-state index < -0.39 is 12.1 Å². The number of ether oxygens (including phenoxy) is 2. The predicted octanol–water partition coefficient (Wildman–Crippen LogP) is 2.30. The molecule has 1 aromatic carbocycles. The zero-order valence-electron chi connectivity index (χ0n) is 11.9. The molecule has 0 radical (unpaired) electrons. The molecule has 0 spiro atoms. The molecule has 8 heteroatoms. The number of hydrogen-bond acceptors (Lipinski definition) is 5. The minimum Gasteiger partial charge on any atom is -0.495 e. The molecule has 0 unspecified atom stereocenters. The summed E-state index contributed by atoms with van der Waals surface area (Å²) in [6, 6.07) is 4.08. The number of hydrogen-bond donors (Lipinski definition) is 2. The first-order valence-corrected chi connectivity index (χ1v) is 6.70. The summed E-state index contributed by atoms with van der Waals surface area (Å²) in [6.07, 6.45) is -0.763. The summed E-state index contributed by atoms with van der Waals surface area (Å²) >= 11 is 5.88. The molecule has 0 saturated carbocycles. The van der Waals surface area contributed by atoms with E-state index in [4.69, 9.17) is 26.8 Å². The molecular formula is C13H18ClN3O4. The zero-order chi connectivity index (χ0) is 15.8. The van der Waals surface area contributed by atoms with Crippen LogP contribution in [0.15, 0.2) is 18.2 Å². The maximum absolute atomic E-state index is 12.2. The summed E-state index contributed by atoms with van der Waals surface area (Å²) in [5.74, 6) is 0.421. The first-order valence-electron chi connectivity index (χ1n) is 6.32. The monoisotopic (exact) mass is 315 g/mol. The largest absolute Gasteiger partial charge is 0.495 e. The Hall–Kier alpha value is -1.99. The van der Waals surface area contributed by atoms with E-state index in [9.17, 15) is 9.59 Å². The molecule has 0 aromatic heterocycles. The van der Waals surface area contributed by atoms with Gasteiger partial charge in [0, 0.05) is 18.1 Å². The molecule has 116 valence electrons. The lowest BCUT2D eigenvalue weighted by Crippen LogP contribution is -2.43. The maximum Gasteiger partial charge on any atom is 0.418 e. The number of urea groups is 1. The third-order valence-electron chi connectivity index (χ3n) is 2.49. The summed E-state index contributed by atoms with van der Waals surface area (Å²) in [5.41, 5.74) is 5.75. The van der Waals surface area contributed by atoms with Crippen molar-refractivity contribution in [3.05, 3.63) is 23.2 Å². The molecule has 0 aliphatic carbocycles. The van der Waals surface area contributed by atoms with Gasteiger partial charge in [-0.1, -0.05) is 11.6 Å². The summed E-state index contributed by atoms with van der Waals surface area (Å²) in [7, 11) is 1.46. The van der Waals surface area contributed by atoms with E-state index in [2.05, 4.69) is 5.32 Å². The number of imide groups is 1. The van der Waals surface area contributed by atoms with Crippen molar-refractivity contribution in [2.45, 2.75) is 6.92 Å². The van der Waals surface area contributed by atoms with E-state index in [0.29, 0.717) is 16.5 Å². The minimum absolute atomic E-state index is 0.0353. The number of nitrogens with zero attached hydrogens (tertiary/aromatic N) is 1. The van der Waals surface area contributed by atoms with Gasteiger partial charge < -0.3 is 20.5 Å². The Morgan fingerprint density at radius 1 is 1.43 bits per heavy atom. The summed E-state index contributed by atoms with van der Waals surface area (Å²) < 4.78 is 9.93. The van der Waals surface area contributed by atoms with Gasteiger partial charge in [0.2, 0.25) is 0 Å². The van der Waals surface area contributed by atoms with Crippen molar-refractivity contribution in [2.24, 2.45) is 5.73 Å². The molecule has 3 N–H and O–H groups in total. The van der Waals surface area contributed by atoms with Crippen LogP contribution in [0.1, 0.15) is 6.92 Å². The van der Waals surface area contributed by atoms with E-state index >= 15 is 0 Å². The van der Waals surface area contributed by atoms with E-state index in [0.717, 1.165) is 4.90 Å². The number of carbonyl (C=O) groups is 2. The Morgan fingerprint density at radius 2 is 2.14 bits per heavy atom. The Kier molecular flexibility index (Phi) is 6.77. The lowest BCUT2D eigenvalue weighted by atomic mass is 10.3. The summed E-state index contributed by atoms with van der Waals surface area (Å²) in [4.78, 5) is 24.8. The molecule has 0 heterocycles. The second kappa shape index (κ2) is 8.33. The summed E-state index contributed by atoms with van der Waals surface area (Å²) in [6.45, 7) is 1.97.